The highest BCUT2D eigenvalue weighted by atomic mass is 79.9. The Morgan fingerprint density at radius 1 is 1.25 bits per heavy atom. The predicted octanol–water partition coefficient (Wildman–Crippen LogP) is 3.07. The minimum atomic E-state index is -0.0213. The van der Waals surface area contributed by atoms with Crippen molar-refractivity contribution in [3.63, 3.8) is 0 Å². The van der Waals surface area contributed by atoms with Crippen LogP contribution in [0.5, 0.6) is 11.5 Å². The second-order valence-electron chi connectivity index (χ2n) is 3.17. The summed E-state index contributed by atoms with van der Waals surface area (Å²) in [5, 5.41) is 0. The van der Waals surface area contributed by atoms with Gasteiger partial charge in [-0.05, 0) is 31.2 Å². The Morgan fingerprint density at radius 3 is 2.12 bits per heavy atom. The average molecular weight is 285 g/mol. The minimum Gasteiger partial charge on any atom is -0.496 e. The summed E-state index contributed by atoms with van der Waals surface area (Å²) in [6, 6.07) is 3.64. The van der Waals surface area contributed by atoms with E-state index in [0.717, 1.165) is 10.0 Å². The largest absolute Gasteiger partial charge is 0.496 e. The van der Waals surface area contributed by atoms with Gasteiger partial charge in [0, 0.05) is 4.47 Å². The lowest BCUT2D eigenvalue weighted by atomic mass is 10.1. The van der Waals surface area contributed by atoms with Gasteiger partial charge in [-0.15, -0.1) is 0 Å². The van der Waals surface area contributed by atoms with E-state index in [1.54, 1.807) is 20.3 Å². The predicted molar refractivity (Wildman–Crippen MR) is 67.0 cm³/mol. The number of ketones is 1. The summed E-state index contributed by atoms with van der Waals surface area (Å²) >= 11 is 3.36. The van der Waals surface area contributed by atoms with E-state index in [9.17, 15) is 4.79 Å². The van der Waals surface area contributed by atoms with Crippen LogP contribution in [-0.4, -0.2) is 20.0 Å². The Morgan fingerprint density at radius 2 is 1.75 bits per heavy atom. The van der Waals surface area contributed by atoms with Gasteiger partial charge in [-0.3, -0.25) is 4.79 Å². The van der Waals surface area contributed by atoms with Crippen molar-refractivity contribution in [2.45, 2.75) is 6.92 Å². The molecule has 0 fully saturated rings. The number of hydrogen-bond acceptors (Lipinski definition) is 3. The highest BCUT2D eigenvalue weighted by Crippen LogP contribution is 2.33. The average Bonchev–Trinajstić information content (AvgIpc) is 2.25. The van der Waals surface area contributed by atoms with Crippen molar-refractivity contribution < 1.29 is 14.3 Å². The van der Waals surface area contributed by atoms with Crippen molar-refractivity contribution in [3.05, 3.63) is 28.2 Å². The van der Waals surface area contributed by atoms with Crippen LogP contribution in [0.25, 0.3) is 6.08 Å². The minimum absolute atomic E-state index is 0.0213. The van der Waals surface area contributed by atoms with E-state index in [0.29, 0.717) is 11.5 Å². The molecular formula is C12H13BrO3. The van der Waals surface area contributed by atoms with E-state index >= 15 is 0 Å². The topological polar surface area (TPSA) is 35.5 Å². The van der Waals surface area contributed by atoms with Gasteiger partial charge in [0.05, 0.1) is 19.8 Å². The molecule has 0 spiro atoms. The highest BCUT2D eigenvalue weighted by molar-refractivity contribution is 9.10. The number of ether oxygens (including phenoxy) is 2. The van der Waals surface area contributed by atoms with Crippen molar-refractivity contribution in [2.75, 3.05) is 14.2 Å². The van der Waals surface area contributed by atoms with Gasteiger partial charge >= 0.3 is 0 Å². The molecule has 16 heavy (non-hydrogen) atoms. The quantitative estimate of drug-likeness (QED) is 0.797. The summed E-state index contributed by atoms with van der Waals surface area (Å²) in [7, 11) is 3.15. The Kier molecular flexibility index (Phi) is 4.55. The number of benzene rings is 1. The first kappa shape index (κ1) is 12.8. The second-order valence-corrected chi connectivity index (χ2v) is 4.08. The van der Waals surface area contributed by atoms with Crippen LogP contribution >= 0.6 is 15.9 Å². The fourth-order valence-electron chi connectivity index (χ4n) is 1.27. The Balaban J connectivity index is 3.27. The maximum absolute atomic E-state index is 10.9. The monoisotopic (exact) mass is 284 g/mol. The first-order valence-corrected chi connectivity index (χ1v) is 5.48. The van der Waals surface area contributed by atoms with Gasteiger partial charge in [-0.2, -0.15) is 0 Å². The van der Waals surface area contributed by atoms with E-state index in [1.807, 2.05) is 12.1 Å². The van der Waals surface area contributed by atoms with Gasteiger partial charge in [0.25, 0.3) is 0 Å². The summed E-state index contributed by atoms with van der Waals surface area (Å²) in [6.07, 6.45) is 3.17. The SMILES string of the molecule is COc1cc(Br)cc(OC)c1/C=C/C(C)=O. The third-order valence-electron chi connectivity index (χ3n) is 1.99. The number of carbonyl (C=O) groups excluding carboxylic acids is 1. The van der Waals surface area contributed by atoms with Crippen molar-refractivity contribution in [1.29, 1.82) is 0 Å². The normalized spacial score (nSPS) is 10.5. The van der Waals surface area contributed by atoms with Crippen molar-refractivity contribution in [3.8, 4) is 11.5 Å². The van der Waals surface area contributed by atoms with Crippen molar-refractivity contribution in [2.24, 2.45) is 0 Å². The molecule has 1 aromatic carbocycles. The third kappa shape index (κ3) is 3.10. The first-order chi connectivity index (χ1) is 7.58. The van der Waals surface area contributed by atoms with E-state index in [2.05, 4.69) is 15.9 Å². The van der Waals surface area contributed by atoms with Crippen LogP contribution in [0.3, 0.4) is 0 Å². The zero-order valence-electron chi connectivity index (χ0n) is 9.41. The molecule has 1 aromatic rings. The Bertz CT molecular complexity index is 399. The standard InChI is InChI=1S/C12H13BrO3/c1-8(14)4-5-10-11(15-2)6-9(13)7-12(10)16-3/h4-7H,1-3H3/b5-4+. The molecule has 3 nitrogen and oxygen atoms in total. The van der Waals surface area contributed by atoms with E-state index in [-0.39, 0.29) is 5.78 Å². The number of halogens is 1. The molecule has 0 saturated carbocycles. The number of methoxy groups -OCH3 is 2. The van der Waals surface area contributed by atoms with E-state index in [1.165, 1.54) is 13.0 Å². The molecule has 0 heterocycles. The van der Waals surface area contributed by atoms with E-state index < -0.39 is 0 Å². The molecule has 0 radical (unpaired) electrons. The Labute approximate surface area is 103 Å². The molecule has 0 aliphatic heterocycles. The highest BCUT2D eigenvalue weighted by Gasteiger charge is 2.09. The summed E-state index contributed by atoms with van der Waals surface area (Å²) in [6.45, 7) is 1.49. The molecule has 0 aliphatic rings. The summed E-state index contributed by atoms with van der Waals surface area (Å²) in [5.41, 5.74) is 0.753. The van der Waals surface area contributed by atoms with Gasteiger partial charge in [-0.25, -0.2) is 0 Å². The van der Waals surface area contributed by atoms with Crippen LogP contribution in [0, 0.1) is 0 Å². The van der Waals surface area contributed by atoms with Crippen LogP contribution in [0.1, 0.15) is 12.5 Å². The molecule has 0 aromatic heterocycles. The van der Waals surface area contributed by atoms with Gasteiger partial charge < -0.3 is 9.47 Å². The van der Waals surface area contributed by atoms with Crippen LogP contribution < -0.4 is 9.47 Å². The zero-order chi connectivity index (χ0) is 12.1. The van der Waals surface area contributed by atoms with Crippen LogP contribution in [-0.2, 0) is 4.79 Å². The number of hydrogen-bond donors (Lipinski definition) is 0. The van der Waals surface area contributed by atoms with Gasteiger partial charge in [0.2, 0.25) is 0 Å². The second kappa shape index (κ2) is 5.70. The lowest BCUT2D eigenvalue weighted by molar-refractivity contribution is -0.112. The lowest BCUT2D eigenvalue weighted by Crippen LogP contribution is -1.93. The first-order valence-electron chi connectivity index (χ1n) is 4.68. The smallest absolute Gasteiger partial charge is 0.152 e. The molecule has 0 saturated heterocycles. The maximum atomic E-state index is 10.9. The molecule has 86 valence electrons. The third-order valence-corrected chi connectivity index (χ3v) is 2.45. The molecule has 0 aliphatic carbocycles. The number of allylic oxidation sites excluding steroid dienone is 1. The Hall–Kier alpha value is -1.29. The van der Waals surface area contributed by atoms with Crippen molar-refractivity contribution >= 4 is 27.8 Å². The fraction of sp³-hybridized carbons (Fsp3) is 0.250. The molecule has 1 rings (SSSR count). The lowest BCUT2D eigenvalue weighted by Gasteiger charge is -2.10. The molecule has 0 N–H and O–H groups in total. The van der Waals surface area contributed by atoms with Crippen LogP contribution in [0.2, 0.25) is 0 Å². The van der Waals surface area contributed by atoms with Gasteiger partial charge in [0.15, 0.2) is 5.78 Å². The zero-order valence-corrected chi connectivity index (χ0v) is 11.0. The molecule has 0 atom stereocenters. The molecular weight excluding hydrogens is 272 g/mol. The summed E-state index contributed by atoms with van der Waals surface area (Å²) in [5.74, 6) is 1.29. The summed E-state index contributed by atoms with van der Waals surface area (Å²) in [4.78, 5) is 10.9. The molecule has 4 heteroatoms. The number of carbonyl (C=O) groups is 1. The fourth-order valence-corrected chi connectivity index (χ4v) is 1.69. The van der Waals surface area contributed by atoms with Crippen molar-refractivity contribution in [1.82, 2.24) is 0 Å². The van der Waals surface area contributed by atoms with Crippen LogP contribution in [0.15, 0.2) is 22.7 Å². The maximum Gasteiger partial charge on any atom is 0.152 e. The molecule has 0 unspecified atom stereocenters. The van der Waals surface area contributed by atoms with Crippen LogP contribution in [0.4, 0.5) is 0 Å². The molecule has 0 bridgehead atoms. The van der Waals surface area contributed by atoms with E-state index in [4.69, 9.17) is 9.47 Å². The van der Waals surface area contributed by atoms with Gasteiger partial charge in [0.1, 0.15) is 11.5 Å². The van der Waals surface area contributed by atoms with Gasteiger partial charge in [-0.1, -0.05) is 15.9 Å². The molecule has 0 amide bonds. The number of rotatable bonds is 4. The summed E-state index contributed by atoms with van der Waals surface area (Å²) < 4.78 is 11.3.